The van der Waals surface area contributed by atoms with Gasteiger partial charge in [-0.25, -0.2) is 0 Å². The molecule has 1 unspecified atom stereocenters. The number of aromatic amines is 1. The molecule has 0 saturated heterocycles. The standard InChI is InChI=1S/C15H15ClN6O/c1-22-13-3-9(5-17-12(13)7-19-22)15(23)20-11-4-10(16)2-8-6-18-21-14(8)11/h2,4,6-7,9,17H,3,5H2,1H3,(H,18,21)(H,20,23). The molecule has 1 amide bonds. The number of halogens is 1. The molecule has 3 aromatic rings. The highest BCUT2D eigenvalue weighted by molar-refractivity contribution is 6.32. The fourth-order valence-electron chi connectivity index (χ4n) is 2.93. The molecular formula is C15H15ClN6O. The van der Waals surface area contributed by atoms with E-state index in [9.17, 15) is 4.79 Å². The number of benzene rings is 1. The van der Waals surface area contributed by atoms with Gasteiger partial charge in [0.1, 0.15) is 0 Å². The number of aryl methyl sites for hydroxylation is 1. The van der Waals surface area contributed by atoms with Crippen LogP contribution in [0.2, 0.25) is 5.02 Å². The van der Waals surface area contributed by atoms with E-state index in [2.05, 4.69) is 25.9 Å². The van der Waals surface area contributed by atoms with Crippen LogP contribution in [0.5, 0.6) is 0 Å². The largest absolute Gasteiger partial charge is 0.381 e. The zero-order chi connectivity index (χ0) is 16.0. The third-order valence-electron chi connectivity index (χ3n) is 4.18. The smallest absolute Gasteiger partial charge is 0.229 e. The van der Waals surface area contributed by atoms with Crippen LogP contribution in [0.1, 0.15) is 5.69 Å². The molecule has 0 fully saturated rings. The first kappa shape index (κ1) is 14.1. The van der Waals surface area contributed by atoms with Crippen LogP contribution < -0.4 is 10.6 Å². The Morgan fingerprint density at radius 1 is 1.43 bits per heavy atom. The highest BCUT2D eigenvalue weighted by Crippen LogP contribution is 2.28. The first-order valence-electron chi connectivity index (χ1n) is 7.30. The Morgan fingerprint density at radius 3 is 3.17 bits per heavy atom. The van der Waals surface area contributed by atoms with Crippen molar-refractivity contribution in [2.24, 2.45) is 13.0 Å². The van der Waals surface area contributed by atoms with E-state index >= 15 is 0 Å². The monoisotopic (exact) mass is 330 g/mol. The molecule has 1 atom stereocenters. The summed E-state index contributed by atoms with van der Waals surface area (Å²) in [7, 11) is 1.88. The number of nitrogens with zero attached hydrogens (tertiary/aromatic N) is 3. The minimum absolute atomic E-state index is 0.0532. The topological polar surface area (TPSA) is 87.6 Å². The lowest BCUT2D eigenvalue weighted by molar-refractivity contribution is -0.119. The molecule has 23 heavy (non-hydrogen) atoms. The van der Waals surface area contributed by atoms with Crippen LogP contribution in [-0.2, 0) is 18.3 Å². The Kier molecular flexibility index (Phi) is 3.23. The van der Waals surface area contributed by atoms with Gasteiger partial charge in [-0.05, 0) is 12.1 Å². The van der Waals surface area contributed by atoms with Crippen molar-refractivity contribution < 1.29 is 4.79 Å². The Hall–Kier alpha value is -2.54. The summed E-state index contributed by atoms with van der Waals surface area (Å²) in [5.74, 6) is -0.225. The Labute approximate surface area is 137 Å². The molecule has 0 aliphatic carbocycles. The summed E-state index contributed by atoms with van der Waals surface area (Å²) >= 11 is 6.11. The van der Waals surface area contributed by atoms with Gasteiger partial charge in [-0.3, -0.25) is 14.6 Å². The zero-order valence-electron chi connectivity index (χ0n) is 12.4. The lowest BCUT2D eigenvalue weighted by Crippen LogP contribution is -2.34. The number of hydrogen-bond acceptors (Lipinski definition) is 4. The van der Waals surface area contributed by atoms with Crippen LogP contribution in [0, 0.1) is 5.92 Å². The molecule has 0 radical (unpaired) electrons. The maximum atomic E-state index is 12.6. The predicted molar refractivity (Wildman–Crippen MR) is 88.6 cm³/mol. The average molecular weight is 331 g/mol. The van der Waals surface area contributed by atoms with E-state index in [1.807, 2.05) is 7.05 Å². The second-order valence-electron chi connectivity index (χ2n) is 5.69. The second kappa shape index (κ2) is 5.27. The maximum Gasteiger partial charge on any atom is 0.229 e. The van der Waals surface area contributed by atoms with E-state index in [1.54, 1.807) is 29.2 Å². The Morgan fingerprint density at radius 2 is 2.30 bits per heavy atom. The number of aromatic nitrogens is 4. The first-order valence-corrected chi connectivity index (χ1v) is 7.68. The third-order valence-corrected chi connectivity index (χ3v) is 4.40. The summed E-state index contributed by atoms with van der Waals surface area (Å²) in [6.45, 7) is 0.581. The van der Waals surface area contributed by atoms with Gasteiger partial charge in [0.2, 0.25) is 5.91 Å². The number of nitrogens with one attached hydrogen (secondary N) is 3. The maximum absolute atomic E-state index is 12.6. The van der Waals surface area contributed by atoms with E-state index in [1.165, 1.54) is 0 Å². The minimum Gasteiger partial charge on any atom is -0.381 e. The molecule has 3 heterocycles. The number of rotatable bonds is 2. The van der Waals surface area contributed by atoms with Crippen molar-refractivity contribution in [1.82, 2.24) is 20.0 Å². The first-order chi connectivity index (χ1) is 11.1. The number of carbonyl (C=O) groups is 1. The normalized spacial score (nSPS) is 16.9. The van der Waals surface area contributed by atoms with Gasteiger partial charge in [0.25, 0.3) is 0 Å². The van der Waals surface area contributed by atoms with E-state index in [0.29, 0.717) is 23.7 Å². The highest BCUT2D eigenvalue weighted by atomic mass is 35.5. The number of hydrogen-bond donors (Lipinski definition) is 3. The van der Waals surface area contributed by atoms with Gasteiger partial charge in [0.15, 0.2) is 0 Å². The molecule has 1 aliphatic heterocycles. The summed E-state index contributed by atoms with van der Waals surface area (Å²) in [6.07, 6.45) is 4.12. The van der Waals surface area contributed by atoms with E-state index in [4.69, 9.17) is 11.6 Å². The highest BCUT2D eigenvalue weighted by Gasteiger charge is 2.27. The summed E-state index contributed by atoms with van der Waals surface area (Å²) in [6, 6.07) is 3.53. The van der Waals surface area contributed by atoms with Crippen LogP contribution in [0.15, 0.2) is 24.5 Å². The quantitative estimate of drug-likeness (QED) is 0.672. The molecule has 0 bridgehead atoms. The molecule has 1 aliphatic rings. The van der Waals surface area contributed by atoms with Crippen LogP contribution in [0.4, 0.5) is 11.4 Å². The van der Waals surface area contributed by atoms with Crippen LogP contribution >= 0.6 is 11.6 Å². The molecule has 0 spiro atoms. The van der Waals surface area contributed by atoms with Gasteiger partial charge < -0.3 is 10.6 Å². The molecule has 4 rings (SSSR count). The fourth-order valence-corrected chi connectivity index (χ4v) is 3.16. The Balaban J connectivity index is 1.58. The van der Waals surface area contributed by atoms with E-state index in [-0.39, 0.29) is 11.8 Å². The molecule has 3 N–H and O–H groups in total. The number of anilines is 2. The van der Waals surface area contributed by atoms with Crippen molar-refractivity contribution in [1.29, 1.82) is 0 Å². The van der Waals surface area contributed by atoms with E-state index in [0.717, 1.165) is 22.3 Å². The van der Waals surface area contributed by atoms with Gasteiger partial charge in [-0.1, -0.05) is 11.6 Å². The zero-order valence-corrected chi connectivity index (χ0v) is 13.2. The van der Waals surface area contributed by atoms with Crippen LogP contribution in [-0.4, -0.2) is 32.4 Å². The van der Waals surface area contributed by atoms with E-state index < -0.39 is 0 Å². The lowest BCUT2D eigenvalue weighted by Gasteiger charge is -2.23. The molecule has 118 valence electrons. The summed E-state index contributed by atoms with van der Waals surface area (Å²) in [5, 5.41) is 18.7. The summed E-state index contributed by atoms with van der Waals surface area (Å²) in [4.78, 5) is 12.6. The van der Waals surface area contributed by atoms with Gasteiger partial charge >= 0.3 is 0 Å². The minimum atomic E-state index is -0.171. The molecule has 8 heteroatoms. The van der Waals surface area contributed by atoms with Crippen molar-refractivity contribution in [3.05, 3.63) is 35.2 Å². The van der Waals surface area contributed by atoms with Crippen molar-refractivity contribution in [3.63, 3.8) is 0 Å². The van der Waals surface area contributed by atoms with Crippen LogP contribution in [0.3, 0.4) is 0 Å². The predicted octanol–water partition coefficient (Wildman–Crippen LogP) is 2.17. The van der Waals surface area contributed by atoms with Gasteiger partial charge in [-0.15, -0.1) is 0 Å². The molecule has 7 nitrogen and oxygen atoms in total. The molecule has 0 saturated carbocycles. The SMILES string of the molecule is Cn1ncc2c1CC(C(=O)Nc1cc(Cl)cc3cn[nH]c13)CN2. The van der Waals surface area contributed by atoms with Crippen molar-refractivity contribution in [2.75, 3.05) is 17.2 Å². The second-order valence-corrected chi connectivity index (χ2v) is 6.12. The average Bonchev–Trinajstić information content (AvgIpc) is 3.14. The van der Waals surface area contributed by atoms with Gasteiger partial charge in [0, 0.05) is 30.4 Å². The van der Waals surface area contributed by atoms with Gasteiger partial charge in [0.05, 0.1) is 40.9 Å². The molecule has 1 aromatic carbocycles. The molecule has 2 aromatic heterocycles. The fraction of sp³-hybridized carbons (Fsp3) is 0.267. The van der Waals surface area contributed by atoms with Crippen LogP contribution in [0.25, 0.3) is 10.9 Å². The molecular weight excluding hydrogens is 316 g/mol. The van der Waals surface area contributed by atoms with Crippen molar-refractivity contribution in [3.8, 4) is 0 Å². The lowest BCUT2D eigenvalue weighted by atomic mass is 9.97. The number of fused-ring (bicyclic) bond motifs is 2. The van der Waals surface area contributed by atoms with Crippen molar-refractivity contribution in [2.45, 2.75) is 6.42 Å². The third kappa shape index (κ3) is 2.43. The van der Waals surface area contributed by atoms with Crippen molar-refractivity contribution >= 4 is 39.8 Å². The summed E-state index contributed by atoms with van der Waals surface area (Å²) < 4.78 is 1.80. The van der Waals surface area contributed by atoms with Gasteiger partial charge in [-0.2, -0.15) is 10.2 Å². The summed E-state index contributed by atoms with van der Waals surface area (Å²) in [5.41, 5.74) is 3.45. The number of amides is 1. The Bertz CT molecular complexity index is 899. The number of carbonyl (C=O) groups excluding carboxylic acids is 1. The number of H-pyrrole nitrogens is 1.